The van der Waals surface area contributed by atoms with Gasteiger partial charge in [-0.05, 0) is 44.5 Å². The SMILES string of the molecule is Cc1cc(Oc2nnc(C)c(C)n2)ccc1C(=O)O. The van der Waals surface area contributed by atoms with Gasteiger partial charge in [0, 0.05) is 0 Å². The normalized spacial score (nSPS) is 10.3. The van der Waals surface area contributed by atoms with Crippen LogP contribution < -0.4 is 4.74 Å². The van der Waals surface area contributed by atoms with Gasteiger partial charge in [0.25, 0.3) is 0 Å². The Morgan fingerprint density at radius 1 is 1.16 bits per heavy atom. The van der Waals surface area contributed by atoms with E-state index in [1.54, 1.807) is 19.1 Å². The molecule has 0 atom stereocenters. The van der Waals surface area contributed by atoms with E-state index in [2.05, 4.69) is 15.2 Å². The third-order valence-corrected chi connectivity index (χ3v) is 2.71. The van der Waals surface area contributed by atoms with Gasteiger partial charge in [0.15, 0.2) is 0 Å². The van der Waals surface area contributed by atoms with E-state index in [-0.39, 0.29) is 11.6 Å². The van der Waals surface area contributed by atoms with Crippen LogP contribution in [0.2, 0.25) is 0 Å². The molecule has 6 heteroatoms. The largest absolute Gasteiger partial charge is 0.478 e. The Balaban J connectivity index is 2.26. The van der Waals surface area contributed by atoms with Crippen LogP contribution in [0.4, 0.5) is 0 Å². The predicted octanol–water partition coefficient (Wildman–Crippen LogP) is 2.29. The van der Waals surface area contributed by atoms with E-state index >= 15 is 0 Å². The van der Waals surface area contributed by atoms with Crippen LogP contribution >= 0.6 is 0 Å². The summed E-state index contributed by atoms with van der Waals surface area (Å²) >= 11 is 0. The van der Waals surface area contributed by atoms with Crippen molar-refractivity contribution in [3.05, 3.63) is 40.7 Å². The van der Waals surface area contributed by atoms with Crippen LogP contribution in [-0.4, -0.2) is 26.3 Å². The van der Waals surface area contributed by atoms with Crippen molar-refractivity contribution < 1.29 is 14.6 Å². The molecule has 98 valence electrons. The molecule has 1 heterocycles. The highest BCUT2D eigenvalue weighted by Gasteiger charge is 2.09. The summed E-state index contributed by atoms with van der Waals surface area (Å²) in [5.74, 6) is -0.485. The van der Waals surface area contributed by atoms with Crippen LogP contribution in [0.5, 0.6) is 11.8 Å². The standard InChI is InChI=1S/C13H13N3O3/c1-7-6-10(4-5-11(7)12(17)18)19-13-14-8(2)9(3)15-16-13/h4-6H,1-3H3,(H,17,18). The van der Waals surface area contributed by atoms with Gasteiger partial charge in [0.1, 0.15) is 5.75 Å². The highest BCUT2D eigenvalue weighted by Crippen LogP contribution is 2.21. The van der Waals surface area contributed by atoms with Crippen LogP contribution in [0, 0.1) is 20.8 Å². The molecule has 2 rings (SSSR count). The summed E-state index contributed by atoms with van der Waals surface area (Å²) in [6, 6.07) is 4.82. The van der Waals surface area contributed by atoms with Crippen LogP contribution in [0.3, 0.4) is 0 Å². The van der Waals surface area contributed by atoms with E-state index in [1.807, 2.05) is 13.8 Å². The van der Waals surface area contributed by atoms with Crippen LogP contribution in [0.25, 0.3) is 0 Å². The second-order valence-corrected chi connectivity index (χ2v) is 4.15. The lowest BCUT2D eigenvalue weighted by Crippen LogP contribution is -2.01. The van der Waals surface area contributed by atoms with E-state index < -0.39 is 5.97 Å². The fraction of sp³-hybridized carbons (Fsp3) is 0.231. The first-order valence-electron chi connectivity index (χ1n) is 5.67. The number of aryl methyl sites for hydroxylation is 3. The number of carboxylic acid groups (broad SMARTS) is 1. The summed E-state index contributed by atoms with van der Waals surface area (Å²) in [5, 5.41) is 16.7. The molecule has 0 spiro atoms. The Morgan fingerprint density at radius 3 is 2.47 bits per heavy atom. The van der Waals surface area contributed by atoms with Crippen molar-refractivity contribution >= 4 is 5.97 Å². The van der Waals surface area contributed by atoms with E-state index in [9.17, 15) is 4.79 Å². The number of carboxylic acids is 1. The van der Waals surface area contributed by atoms with Gasteiger partial charge in [-0.3, -0.25) is 0 Å². The first-order chi connectivity index (χ1) is 8.97. The van der Waals surface area contributed by atoms with E-state index in [4.69, 9.17) is 9.84 Å². The molecule has 1 N–H and O–H groups in total. The lowest BCUT2D eigenvalue weighted by Gasteiger charge is -2.07. The van der Waals surface area contributed by atoms with Gasteiger partial charge in [-0.15, -0.1) is 5.10 Å². The topological polar surface area (TPSA) is 85.2 Å². The summed E-state index contributed by atoms with van der Waals surface area (Å²) in [7, 11) is 0. The molecule has 0 aliphatic carbocycles. The first kappa shape index (κ1) is 12.9. The molecule has 6 nitrogen and oxygen atoms in total. The van der Waals surface area contributed by atoms with Crippen molar-refractivity contribution in [1.82, 2.24) is 15.2 Å². The summed E-state index contributed by atoms with van der Waals surface area (Å²) in [4.78, 5) is 15.0. The smallest absolute Gasteiger partial charge is 0.341 e. The Labute approximate surface area is 110 Å². The van der Waals surface area contributed by atoms with Crippen molar-refractivity contribution in [1.29, 1.82) is 0 Å². The average molecular weight is 259 g/mol. The maximum absolute atomic E-state index is 10.9. The Hall–Kier alpha value is -2.50. The molecule has 2 aromatic rings. The number of benzene rings is 1. The van der Waals surface area contributed by atoms with Crippen molar-refractivity contribution in [3.63, 3.8) is 0 Å². The molecule has 0 aliphatic heterocycles. The monoisotopic (exact) mass is 259 g/mol. The number of ether oxygens (including phenoxy) is 1. The Kier molecular flexibility index (Phi) is 3.41. The molecule has 0 aliphatic rings. The van der Waals surface area contributed by atoms with Gasteiger partial charge in [-0.25, -0.2) is 4.79 Å². The quantitative estimate of drug-likeness (QED) is 0.910. The van der Waals surface area contributed by atoms with Crippen LogP contribution in [-0.2, 0) is 0 Å². The maximum atomic E-state index is 10.9. The first-order valence-corrected chi connectivity index (χ1v) is 5.67. The average Bonchev–Trinajstić information content (AvgIpc) is 2.33. The number of nitrogens with zero attached hydrogens (tertiary/aromatic N) is 3. The number of aromatic carboxylic acids is 1. The van der Waals surface area contributed by atoms with Gasteiger partial charge in [-0.1, -0.05) is 5.10 Å². The number of aromatic nitrogens is 3. The minimum absolute atomic E-state index is 0.144. The molecule has 0 saturated heterocycles. The molecule has 19 heavy (non-hydrogen) atoms. The van der Waals surface area contributed by atoms with Gasteiger partial charge in [-0.2, -0.15) is 4.98 Å². The summed E-state index contributed by atoms with van der Waals surface area (Å²) in [6.07, 6.45) is 0. The molecule has 0 fully saturated rings. The number of carbonyl (C=O) groups is 1. The lowest BCUT2D eigenvalue weighted by atomic mass is 10.1. The predicted molar refractivity (Wildman–Crippen MR) is 67.5 cm³/mol. The fourth-order valence-corrected chi connectivity index (χ4v) is 1.53. The van der Waals surface area contributed by atoms with E-state index in [0.717, 1.165) is 11.4 Å². The van der Waals surface area contributed by atoms with Gasteiger partial charge in [0.2, 0.25) is 0 Å². The molecular formula is C13H13N3O3. The summed E-state index contributed by atoms with van der Waals surface area (Å²) in [5.41, 5.74) is 2.34. The number of rotatable bonds is 3. The van der Waals surface area contributed by atoms with Crippen molar-refractivity contribution in [3.8, 4) is 11.8 Å². The van der Waals surface area contributed by atoms with Crippen molar-refractivity contribution in [2.45, 2.75) is 20.8 Å². The highest BCUT2D eigenvalue weighted by molar-refractivity contribution is 5.89. The van der Waals surface area contributed by atoms with Gasteiger partial charge < -0.3 is 9.84 Å². The molecule has 0 unspecified atom stereocenters. The third kappa shape index (κ3) is 2.85. The molecule has 0 amide bonds. The minimum atomic E-state index is -0.965. The zero-order valence-corrected chi connectivity index (χ0v) is 10.8. The molecule has 0 saturated carbocycles. The highest BCUT2D eigenvalue weighted by atomic mass is 16.5. The third-order valence-electron chi connectivity index (χ3n) is 2.71. The van der Waals surface area contributed by atoms with Gasteiger partial charge >= 0.3 is 12.0 Å². The molecule has 0 radical (unpaired) electrons. The number of hydrogen-bond acceptors (Lipinski definition) is 5. The molecular weight excluding hydrogens is 246 g/mol. The Morgan fingerprint density at radius 2 is 1.89 bits per heavy atom. The zero-order chi connectivity index (χ0) is 14.0. The molecule has 0 bridgehead atoms. The van der Waals surface area contributed by atoms with E-state index in [0.29, 0.717) is 11.3 Å². The fourth-order valence-electron chi connectivity index (χ4n) is 1.53. The lowest BCUT2D eigenvalue weighted by molar-refractivity contribution is 0.0696. The zero-order valence-electron chi connectivity index (χ0n) is 10.8. The van der Waals surface area contributed by atoms with E-state index in [1.165, 1.54) is 6.07 Å². The Bertz CT molecular complexity index is 641. The molecule has 1 aromatic carbocycles. The second kappa shape index (κ2) is 5.01. The summed E-state index contributed by atoms with van der Waals surface area (Å²) < 4.78 is 5.45. The summed E-state index contributed by atoms with van der Waals surface area (Å²) in [6.45, 7) is 5.33. The van der Waals surface area contributed by atoms with Crippen molar-refractivity contribution in [2.24, 2.45) is 0 Å². The van der Waals surface area contributed by atoms with Crippen LogP contribution in [0.1, 0.15) is 27.3 Å². The number of hydrogen-bond donors (Lipinski definition) is 1. The van der Waals surface area contributed by atoms with Crippen molar-refractivity contribution in [2.75, 3.05) is 0 Å². The molecule has 1 aromatic heterocycles. The van der Waals surface area contributed by atoms with Gasteiger partial charge in [0.05, 0.1) is 17.0 Å². The van der Waals surface area contributed by atoms with Crippen LogP contribution in [0.15, 0.2) is 18.2 Å². The minimum Gasteiger partial charge on any atom is -0.478 e. The second-order valence-electron chi connectivity index (χ2n) is 4.15. The maximum Gasteiger partial charge on any atom is 0.341 e.